The van der Waals surface area contributed by atoms with E-state index in [0.717, 1.165) is 17.7 Å². The molecule has 0 bridgehead atoms. The molecule has 0 saturated heterocycles. The van der Waals surface area contributed by atoms with Crippen molar-refractivity contribution in [1.29, 1.82) is 0 Å². The molecule has 2 heterocycles. The van der Waals surface area contributed by atoms with E-state index in [2.05, 4.69) is 20.7 Å². The monoisotopic (exact) mass is 419 g/mol. The van der Waals surface area contributed by atoms with Crippen molar-refractivity contribution in [3.63, 3.8) is 0 Å². The Kier molecular flexibility index (Phi) is 5.88. The molecule has 1 amide bonds. The first-order chi connectivity index (χ1) is 15.1. The Morgan fingerprint density at radius 2 is 2.00 bits per heavy atom. The summed E-state index contributed by atoms with van der Waals surface area (Å²) >= 11 is 0. The van der Waals surface area contributed by atoms with Gasteiger partial charge >= 0.3 is 0 Å². The number of hydrogen-bond donors (Lipinski definition) is 2. The maximum absolute atomic E-state index is 13.3. The van der Waals surface area contributed by atoms with E-state index in [1.54, 1.807) is 11.8 Å². The summed E-state index contributed by atoms with van der Waals surface area (Å²) in [6.07, 6.45) is 2.36. The molecule has 31 heavy (non-hydrogen) atoms. The number of carbonyl (C=O) groups is 1. The average Bonchev–Trinajstić information content (AvgIpc) is 3.25. The van der Waals surface area contributed by atoms with Crippen molar-refractivity contribution in [3.05, 3.63) is 71.7 Å². The third-order valence-electron chi connectivity index (χ3n) is 5.04. The lowest BCUT2D eigenvalue weighted by Gasteiger charge is -2.29. The summed E-state index contributed by atoms with van der Waals surface area (Å²) in [6, 6.07) is 14.6. The van der Waals surface area contributed by atoms with Gasteiger partial charge in [0.25, 0.3) is 5.91 Å². The molecule has 0 fully saturated rings. The molecule has 8 nitrogen and oxygen atoms in total. The van der Waals surface area contributed by atoms with Crippen molar-refractivity contribution in [3.8, 4) is 11.5 Å². The highest BCUT2D eigenvalue weighted by Gasteiger charge is 2.34. The molecule has 4 rings (SSSR count). The summed E-state index contributed by atoms with van der Waals surface area (Å²) in [5.41, 5.74) is 2.82. The van der Waals surface area contributed by atoms with E-state index in [0.29, 0.717) is 35.3 Å². The Hall–Kier alpha value is -3.81. The topological polar surface area (TPSA) is 90.3 Å². The van der Waals surface area contributed by atoms with Gasteiger partial charge in [-0.2, -0.15) is 10.1 Å². The molecule has 1 aromatic heterocycles. The summed E-state index contributed by atoms with van der Waals surface area (Å²) in [7, 11) is 1.60. The fraction of sp³-hybridized carbons (Fsp3) is 0.261. The van der Waals surface area contributed by atoms with Crippen molar-refractivity contribution in [2.75, 3.05) is 24.4 Å². The highest BCUT2D eigenvalue weighted by molar-refractivity contribution is 6.06. The van der Waals surface area contributed by atoms with Crippen LogP contribution in [0.1, 0.15) is 31.9 Å². The Bertz CT molecular complexity index is 1110. The fourth-order valence-corrected chi connectivity index (χ4v) is 3.60. The van der Waals surface area contributed by atoms with Crippen LogP contribution in [-0.2, 0) is 4.79 Å². The largest absolute Gasteiger partial charge is 0.493 e. The van der Waals surface area contributed by atoms with Crippen molar-refractivity contribution >= 4 is 17.5 Å². The van der Waals surface area contributed by atoms with E-state index >= 15 is 0 Å². The van der Waals surface area contributed by atoms with E-state index < -0.39 is 6.04 Å². The minimum Gasteiger partial charge on any atom is -0.493 e. The molecule has 1 aliphatic heterocycles. The molecule has 0 radical (unpaired) electrons. The molecule has 3 aromatic rings. The van der Waals surface area contributed by atoms with Crippen LogP contribution < -0.4 is 20.1 Å². The molecule has 0 spiro atoms. The average molecular weight is 419 g/mol. The molecule has 1 atom stereocenters. The molecule has 0 aliphatic carbocycles. The molecule has 160 valence electrons. The number of aromatic nitrogens is 3. The van der Waals surface area contributed by atoms with Crippen LogP contribution in [0.2, 0.25) is 0 Å². The quantitative estimate of drug-likeness (QED) is 0.602. The summed E-state index contributed by atoms with van der Waals surface area (Å²) < 4.78 is 13.0. The van der Waals surface area contributed by atoms with Gasteiger partial charge in [-0.25, -0.2) is 4.68 Å². The van der Waals surface area contributed by atoms with E-state index in [9.17, 15) is 4.79 Å². The number of ether oxygens (including phenoxy) is 2. The van der Waals surface area contributed by atoms with Crippen LogP contribution in [0.3, 0.4) is 0 Å². The molecule has 1 unspecified atom stereocenters. The van der Waals surface area contributed by atoms with Crippen LogP contribution in [0.5, 0.6) is 11.5 Å². The van der Waals surface area contributed by atoms with E-state index in [4.69, 9.17) is 9.47 Å². The van der Waals surface area contributed by atoms with Gasteiger partial charge < -0.3 is 20.1 Å². The summed E-state index contributed by atoms with van der Waals surface area (Å²) in [6.45, 7) is 4.51. The lowest BCUT2D eigenvalue weighted by molar-refractivity contribution is -0.113. The Morgan fingerprint density at radius 1 is 1.19 bits per heavy atom. The zero-order valence-corrected chi connectivity index (χ0v) is 17.8. The first-order valence-electron chi connectivity index (χ1n) is 10.2. The first kappa shape index (κ1) is 20.5. The summed E-state index contributed by atoms with van der Waals surface area (Å²) in [5.74, 6) is 1.63. The Morgan fingerprint density at radius 3 is 2.74 bits per heavy atom. The molecular weight excluding hydrogens is 394 g/mol. The van der Waals surface area contributed by atoms with Gasteiger partial charge in [0.15, 0.2) is 11.5 Å². The van der Waals surface area contributed by atoms with Gasteiger partial charge in [-0.05, 0) is 43.2 Å². The molecule has 8 heteroatoms. The SMILES string of the molecule is CCCOc1ccc(C2C(C(=O)Nc3ccccc3)=C(C)Nc3ncnn32)cc1OC. The van der Waals surface area contributed by atoms with Gasteiger partial charge in [-0.3, -0.25) is 4.79 Å². The zero-order valence-electron chi connectivity index (χ0n) is 17.8. The van der Waals surface area contributed by atoms with Crippen molar-refractivity contribution < 1.29 is 14.3 Å². The number of amides is 1. The number of nitrogens with zero attached hydrogens (tertiary/aromatic N) is 3. The van der Waals surface area contributed by atoms with E-state index in [-0.39, 0.29) is 5.91 Å². The predicted octanol–water partition coefficient (Wildman–Crippen LogP) is 4.00. The number of anilines is 2. The fourth-order valence-electron chi connectivity index (χ4n) is 3.60. The maximum Gasteiger partial charge on any atom is 0.255 e. The highest BCUT2D eigenvalue weighted by atomic mass is 16.5. The number of fused-ring (bicyclic) bond motifs is 1. The van der Waals surface area contributed by atoms with Crippen LogP contribution in [0, 0.1) is 0 Å². The smallest absolute Gasteiger partial charge is 0.255 e. The van der Waals surface area contributed by atoms with Crippen LogP contribution in [0.15, 0.2) is 66.1 Å². The number of methoxy groups -OCH3 is 1. The number of hydrogen-bond acceptors (Lipinski definition) is 6. The number of rotatable bonds is 7. The van der Waals surface area contributed by atoms with Crippen molar-refractivity contribution in [2.24, 2.45) is 0 Å². The summed E-state index contributed by atoms with van der Waals surface area (Å²) in [5, 5.41) is 10.5. The lowest BCUT2D eigenvalue weighted by atomic mass is 9.94. The second-order valence-corrected chi connectivity index (χ2v) is 7.17. The maximum atomic E-state index is 13.3. The molecule has 2 N–H and O–H groups in total. The van der Waals surface area contributed by atoms with Crippen molar-refractivity contribution in [1.82, 2.24) is 14.8 Å². The zero-order chi connectivity index (χ0) is 21.8. The summed E-state index contributed by atoms with van der Waals surface area (Å²) in [4.78, 5) is 17.6. The minimum atomic E-state index is -0.475. The van der Waals surface area contributed by atoms with Gasteiger partial charge in [0.05, 0.1) is 19.3 Å². The van der Waals surface area contributed by atoms with Crippen LogP contribution in [-0.4, -0.2) is 34.4 Å². The molecule has 0 saturated carbocycles. The van der Waals surface area contributed by atoms with Crippen LogP contribution in [0.25, 0.3) is 0 Å². The number of para-hydroxylation sites is 1. The predicted molar refractivity (Wildman–Crippen MR) is 118 cm³/mol. The highest BCUT2D eigenvalue weighted by Crippen LogP contribution is 2.38. The first-order valence-corrected chi connectivity index (χ1v) is 10.2. The van der Waals surface area contributed by atoms with Crippen LogP contribution >= 0.6 is 0 Å². The Balaban J connectivity index is 1.75. The minimum absolute atomic E-state index is 0.215. The van der Waals surface area contributed by atoms with Gasteiger partial charge in [-0.1, -0.05) is 31.2 Å². The number of benzene rings is 2. The number of carbonyl (C=O) groups excluding carboxylic acids is 1. The van der Waals surface area contributed by atoms with Gasteiger partial charge in [0.1, 0.15) is 12.4 Å². The van der Waals surface area contributed by atoms with Gasteiger partial charge in [-0.15, -0.1) is 0 Å². The van der Waals surface area contributed by atoms with Gasteiger partial charge in [0, 0.05) is 11.4 Å². The number of allylic oxidation sites excluding steroid dienone is 1. The van der Waals surface area contributed by atoms with E-state index in [1.165, 1.54) is 6.33 Å². The normalized spacial score (nSPS) is 15.1. The Labute approximate surface area is 180 Å². The third-order valence-corrected chi connectivity index (χ3v) is 5.04. The van der Waals surface area contributed by atoms with E-state index in [1.807, 2.05) is 62.4 Å². The second kappa shape index (κ2) is 8.91. The second-order valence-electron chi connectivity index (χ2n) is 7.17. The standard InChI is InChI=1S/C23H25N5O3/c1-4-12-31-18-11-10-16(13-19(18)30-3)21-20(15(2)26-23-24-14-25-28(21)23)22(29)27-17-8-6-5-7-9-17/h5-11,13-14,21H,4,12H2,1-3H3,(H,27,29)(H,24,25,26). The lowest BCUT2D eigenvalue weighted by Crippen LogP contribution is -2.31. The molecular formula is C23H25N5O3. The molecule has 2 aromatic carbocycles. The molecule has 1 aliphatic rings. The van der Waals surface area contributed by atoms with Gasteiger partial charge in [0.2, 0.25) is 5.95 Å². The number of nitrogens with one attached hydrogen (secondary N) is 2. The third kappa shape index (κ3) is 4.09. The van der Waals surface area contributed by atoms with Crippen molar-refractivity contribution in [2.45, 2.75) is 26.3 Å². The van der Waals surface area contributed by atoms with Crippen LogP contribution in [0.4, 0.5) is 11.6 Å².